The van der Waals surface area contributed by atoms with Gasteiger partial charge < -0.3 is 4.57 Å². The van der Waals surface area contributed by atoms with Crippen LogP contribution < -0.4 is 0 Å². The number of benzene rings is 6. The van der Waals surface area contributed by atoms with Crippen LogP contribution in [0.1, 0.15) is 11.1 Å². The van der Waals surface area contributed by atoms with E-state index in [1.54, 1.807) is 11.3 Å². The first-order valence-electron chi connectivity index (χ1n) is 14.0. The SMILES string of the molecule is N#Cc1ccc2c(c1)c1ccccc1n2-c1cccc2c1sc1c(C#N)cc(-c3cccc4sc5ccccc5c34)cc12. The summed E-state index contributed by atoms with van der Waals surface area (Å²) in [7, 11) is 0. The van der Waals surface area contributed by atoms with E-state index in [-0.39, 0.29) is 0 Å². The number of hydrogen-bond donors (Lipinski definition) is 0. The van der Waals surface area contributed by atoms with Gasteiger partial charge in [-0.05, 0) is 65.7 Å². The lowest BCUT2D eigenvalue weighted by Crippen LogP contribution is -1.93. The summed E-state index contributed by atoms with van der Waals surface area (Å²) >= 11 is 3.49. The van der Waals surface area contributed by atoms with Crippen molar-refractivity contribution in [1.29, 1.82) is 10.5 Å². The molecule has 0 bridgehead atoms. The van der Waals surface area contributed by atoms with E-state index >= 15 is 0 Å². The molecule has 0 unspecified atom stereocenters. The molecule has 0 radical (unpaired) electrons. The lowest BCUT2D eigenvalue weighted by molar-refractivity contribution is 1.20. The van der Waals surface area contributed by atoms with Crippen LogP contribution in [0.2, 0.25) is 0 Å². The van der Waals surface area contributed by atoms with Crippen LogP contribution in [-0.2, 0) is 0 Å². The number of rotatable bonds is 2. The second kappa shape index (κ2) is 9.02. The van der Waals surface area contributed by atoms with Crippen molar-refractivity contribution in [2.24, 2.45) is 0 Å². The first-order valence-corrected chi connectivity index (χ1v) is 15.6. The summed E-state index contributed by atoms with van der Waals surface area (Å²) in [4.78, 5) is 0. The summed E-state index contributed by atoms with van der Waals surface area (Å²) in [5, 5.41) is 26.9. The summed E-state index contributed by atoms with van der Waals surface area (Å²) in [6, 6.07) is 44.9. The van der Waals surface area contributed by atoms with E-state index in [1.165, 1.54) is 20.2 Å². The molecule has 3 nitrogen and oxygen atoms in total. The zero-order chi connectivity index (χ0) is 28.7. The molecule has 5 heteroatoms. The summed E-state index contributed by atoms with van der Waals surface area (Å²) in [5.74, 6) is 0. The zero-order valence-electron chi connectivity index (χ0n) is 22.6. The largest absolute Gasteiger partial charge is 0.308 e. The van der Waals surface area contributed by atoms with Gasteiger partial charge in [0.25, 0.3) is 0 Å². The van der Waals surface area contributed by atoms with Gasteiger partial charge in [-0.2, -0.15) is 10.5 Å². The third kappa shape index (κ3) is 3.38. The highest BCUT2D eigenvalue weighted by Gasteiger charge is 2.19. The Morgan fingerprint density at radius 1 is 0.535 bits per heavy atom. The molecule has 3 aromatic heterocycles. The van der Waals surface area contributed by atoms with Crippen LogP contribution in [0.25, 0.3) is 79.0 Å². The van der Waals surface area contributed by atoms with Crippen LogP contribution in [0.3, 0.4) is 0 Å². The van der Waals surface area contributed by atoms with E-state index in [4.69, 9.17) is 0 Å². The molecule has 43 heavy (non-hydrogen) atoms. The van der Waals surface area contributed by atoms with Gasteiger partial charge in [-0.3, -0.25) is 0 Å². The fourth-order valence-corrected chi connectivity index (χ4v) is 9.00. The fraction of sp³-hybridized carbons (Fsp3) is 0. The van der Waals surface area contributed by atoms with Gasteiger partial charge in [0.2, 0.25) is 0 Å². The molecule has 0 N–H and O–H groups in total. The van der Waals surface area contributed by atoms with Gasteiger partial charge in [-0.15, -0.1) is 22.7 Å². The summed E-state index contributed by atoms with van der Waals surface area (Å²) < 4.78 is 6.96. The Balaban J connectivity index is 1.36. The highest BCUT2D eigenvalue weighted by Crippen LogP contribution is 2.45. The maximum absolute atomic E-state index is 10.4. The number of fused-ring (bicyclic) bond motifs is 9. The van der Waals surface area contributed by atoms with Crippen LogP contribution in [0, 0.1) is 22.7 Å². The van der Waals surface area contributed by atoms with Crippen molar-refractivity contribution in [2.45, 2.75) is 0 Å². The van der Waals surface area contributed by atoms with Gasteiger partial charge in [-0.1, -0.05) is 60.7 Å². The first kappa shape index (κ1) is 24.2. The lowest BCUT2D eigenvalue weighted by Gasteiger charge is -2.09. The number of thiophene rings is 2. The zero-order valence-corrected chi connectivity index (χ0v) is 24.3. The molecular formula is C38H19N3S2. The molecule has 3 heterocycles. The quantitative estimate of drug-likeness (QED) is 0.204. The first-order chi connectivity index (χ1) is 21.2. The van der Waals surface area contributed by atoms with E-state index in [1.807, 2.05) is 35.6 Å². The summed E-state index contributed by atoms with van der Waals surface area (Å²) in [6.07, 6.45) is 0. The second-order valence-electron chi connectivity index (χ2n) is 10.7. The number of nitriles is 2. The molecule has 0 aliphatic rings. The van der Waals surface area contributed by atoms with Crippen molar-refractivity contribution in [1.82, 2.24) is 4.57 Å². The minimum Gasteiger partial charge on any atom is -0.308 e. The van der Waals surface area contributed by atoms with Crippen molar-refractivity contribution >= 4 is 84.8 Å². The van der Waals surface area contributed by atoms with Gasteiger partial charge in [0.1, 0.15) is 6.07 Å². The van der Waals surface area contributed by atoms with E-state index in [0.29, 0.717) is 11.1 Å². The standard InChI is InChI=1S/C38H19N3S2/c39-20-22-15-16-32-29(17-22)26-7-1-3-11-31(26)41(32)33-12-5-10-27-30-19-23(18-24(21-40)37(30)43-38(27)33)25-9-6-14-35-36(25)28-8-2-4-13-34(28)42-35/h1-19H. The van der Waals surface area contributed by atoms with Crippen molar-refractivity contribution in [3.8, 4) is 29.0 Å². The van der Waals surface area contributed by atoms with Gasteiger partial charge in [-0.25, -0.2) is 0 Å². The molecule has 0 fully saturated rings. The molecule has 0 amide bonds. The fourth-order valence-electron chi connectivity index (χ4n) is 6.62. The van der Waals surface area contributed by atoms with Crippen LogP contribution in [0.15, 0.2) is 115 Å². The number of para-hydroxylation sites is 1. The average Bonchev–Trinajstić information content (AvgIpc) is 3.73. The molecule has 198 valence electrons. The van der Waals surface area contributed by atoms with Gasteiger partial charge >= 0.3 is 0 Å². The third-order valence-electron chi connectivity index (χ3n) is 8.45. The maximum Gasteiger partial charge on any atom is 0.101 e. The Bertz CT molecular complexity index is 2710. The number of nitrogens with zero attached hydrogens (tertiary/aromatic N) is 3. The smallest absolute Gasteiger partial charge is 0.101 e. The number of hydrogen-bond acceptors (Lipinski definition) is 4. The lowest BCUT2D eigenvalue weighted by atomic mass is 9.96. The van der Waals surface area contributed by atoms with Crippen molar-refractivity contribution < 1.29 is 0 Å². The van der Waals surface area contributed by atoms with Crippen LogP contribution >= 0.6 is 22.7 Å². The molecule has 9 rings (SSSR count). The van der Waals surface area contributed by atoms with E-state index in [0.717, 1.165) is 58.8 Å². The number of aromatic nitrogens is 1. The Labute approximate surface area is 254 Å². The molecule has 6 aromatic carbocycles. The topological polar surface area (TPSA) is 52.5 Å². The van der Waals surface area contributed by atoms with Crippen LogP contribution in [-0.4, -0.2) is 4.57 Å². The molecule has 0 aliphatic heterocycles. The monoisotopic (exact) mass is 581 g/mol. The maximum atomic E-state index is 10.4. The molecule has 0 aliphatic carbocycles. The molecule has 0 spiro atoms. The second-order valence-corrected chi connectivity index (χ2v) is 12.8. The van der Waals surface area contributed by atoms with Crippen molar-refractivity contribution in [2.75, 3.05) is 0 Å². The predicted octanol–water partition coefficient (Wildman–Crippen LogP) is 10.9. The molecule has 0 saturated heterocycles. The average molecular weight is 582 g/mol. The Morgan fingerprint density at radius 2 is 1.30 bits per heavy atom. The molecule has 0 saturated carbocycles. The van der Waals surface area contributed by atoms with E-state index in [9.17, 15) is 10.5 Å². The predicted molar refractivity (Wildman–Crippen MR) is 181 cm³/mol. The Hall–Kier alpha value is -5.46. The highest BCUT2D eigenvalue weighted by molar-refractivity contribution is 7.26. The third-order valence-corrected chi connectivity index (χ3v) is 10.9. The molecular weight excluding hydrogens is 563 g/mol. The molecule has 0 atom stereocenters. The van der Waals surface area contributed by atoms with E-state index < -0.39 is 0 Å². The van der Waals surface area contributed by atoms with Crippen molar-refractivity contribution in [3.63, 3.8) is 0 Å². The minimum atomic E-state index is 0.648. The summed E-state index contributed by atoms with van der Waals surface area (Å²) in [5.41, 5.74) is 6.78. The Kier molecular flexibility index (Phi) is 5.07. The van der Waals surface area contributed by atoms with Gasteiger partial charge in [0, 0.05) is 41.7 Å². The summed E-state index contributed by atoms with van der Waals surface area (Å²) in [6.45, 7) is 0. The van der Waals surface area contributed by atoms with Gasteiger partial charge in [0.05, 0.1) is 43.3 Å². The van der Waals surface area contributed by atoms with E-state index in [2.05, 4.69) is 108 Å². The minimum absolute atomic E-state index is 0.648. The Morgan fingerprint density at radius 3 is 2.19 bits per heavy atom. The highest BCUT2D eigenvalue weighted by atomic mass is 32.1. The normalized spacial score (nSPS) is 11.7. The van der Waals surface area contributed by atoms with Crippen molar-refractivity contribution in [3.05, 3.63) is 126 Å². The van der Waals surface area contributed by atoms with Crippen LogP contribution in [0.4, 0.5) is 0 Å². The van der Waals surface area contributed by atoms with Gasteiger partial charge in [0.15, 0.2) is 0 Å². The molecule has 9 aromatic rings. The van der Waals surface area contributed by atoms with Crippen LogP contribution in [0.5, 0.6) is 0 Å².